The Balaban J connectivity index is 1.76. The number of amides is 4. The summed E-state index contributed by atoms with van der Waals surface area (Å²) in [5.74, 6) is -0.495. The standard InChI is InChI=1S/C31H42N4O6/c1-20(2)25-19-41-26-14-7-6-13-23(26)28(37)33-24(15-16-27(36)35-31(3,4)30(39)34-25)29(38)32-17-9-11-21-10-8-12-22(18-21)40-5/h6-8,10,12-14,18,20,24-25H,9,11,15-17,19H2,1-5H3,(H,32,38)(H,33,37)(H,34,39)(H,35,36)/t24-,25-/m0/s1. The zero-order valence-corrected chi connectivity index (χ0v) is 24.5. The van der Waals surface area contributed by atoms with E-state index >= 15 is 0 Å². The van der Waals surface area contributed by atoms with E-state index in [1.165, 1.54) is 0 Å². The number of nitrogens with one attached hydrogen (secondary N) is 4. The summed E-state index contributed by atoms with van der Waals surface area (Å²) in [5.41, 5.74) is 0.154. The molecule has 3 rings (SSSR count). The van der Waals surface area contributed by atoms with Gasteiger partial charge >= 0.3 is 0 Å². The average Bonchev–Trinajstić information content (AvgIpc) is 2.94. The highest BCUT2D eigenvalue weighted by atomic mass is 16.5. The maximum atomic E-state index is 13.3. The van der Waals surface area contributed by atoms with Crippen molar-refractivity contribution < 1.29 is 28.7 Å². The first-order chi connectivity index (χ1) is 19.5. The molecule has 10 heteroatoms. The molecule has 0 bridgehead atoms. The SMILES string of the molecule is COc1cccc(CCCNC(=O)[C@@H]2CCC(=O)NC(C)(C)C(=O)N[C@H](C(C)C)COc3ccccc3C(=O)N2)c1. The monoisotopic (exact) mass is 566 g/mol. The van der Waals surface area contributed by atoms with Gasteiger partial charge in [0.05, 0.1) is 18.7 Å². The summed E-state index contributed by atoms with van der Waals surface area (Å²) < 4.78 is 11.3. The van der Waals surface area contributed by atoms with Gasteiger partial charge in [0.15, 0.2) is 0 Å². The third kappa shape index (κ3) is 9.23. The number of carbonyl (C=O) groups excluding carboxylic acids is 4. The van der Waals surface area contributed by atoms with Crippen molar-refractivity contribution in [2.45, 2.75) is 71.0 Å². The Hall–Kier alpha value is -4.08. The Bertz CT molecular complexity index is 1230. The van der Waals surface area contributed by atoms with Gasteiger partial charge in [-0.1, -0.05) is 38.1 Å². The van der Waals surface area contributed by atoms with Gasteiger partial charge in [0.25, 0.3) is 5.91 Å². The Kier molecular flexibility index (Phi) is 11.1. The number of hydrogen-bond donors (Lipinski definition) is 4. The highest BCUT2D eigenvalue weighted by Crippen LogP contribution is 2.20. The van der Waals surface area contributed by atoms with Crippen LogP contribution in [0.3, 0.4) is 0 Å². The zero-order chi connectivity index (χ0) is 30.0. The second-order valence-electron chi connectivity index (χ2n) is 11.1. The number of para-hydroxylation sites is 1. The molecule has 4 N–H and O–H groups in total. The highest BCUT2D eigenvalue weighted by molar-refractivity contribution is 6.00. The molecule has 1 aliphatic heterocycles. The fourth-order valence-electron chi connectivity index (χ4n) is 4.41. The van der Waals surface area contributed by atoms with E-state index in [4.69, 9.17) is 9.47 Å². The predicted octanol–water partition coefficient (Wildman–Crippen LogP) is 2.75. The predicted molar refractivity (Wildman–Crippen MR) is 156 cm³/mol. The summed E-state index contributed by atoms with van der Waals surface area (Å²) in [5, 5.41) is 11.4. The van der Waals surface area contributed by atoms with Crippen molar-refractivity contribution in [1.29, 1.82) is 0 Å². The number of fused-ring (bicyclic) bond motifs is 1. The summed E-state index contributed by atoms with van der Waals surface area (Å²) in [7, 11) is 1.62. The molecule has 0 aliphatic carbocycles. The molecular formula is C31H42N4O6. The molecule has 2 atom stereocenters. The van der Waals surface area contributed by atoms with Crippen molar-refractivity contribution in [2.75, 3.05) is 20.3 Å². The van der Waals surface area contributed by atoms with Gasteiger partial charge in [0.1, 0.15) is 29.7 Å². The van der Waals surface area contributed by atoms with Gasteiger partial charge < -0.3 is 30.7 Å². The quantitative estimate of drug-likeness (QED) is 0.381. The highest BCUT2D eigenvalue weighted by Gasteiger charge is 2.33. The van der Waals surface area contributed by atoms with E-state index in [0.717, 1.165) is 17.7 Å². The molecule has 10 nitrogen and oxygen atoms in total. The Morgan fingerprint density at radius 1 is 1.10 bits per heavy atom. The summed E-state index contributed by atoms with van der Waals surface area (Å²) in [6.45, 7) is 7.66. The smallest absolute Gasteiger partial charge is 0.255 e. The molecule has 0 radical (unpaired) electrons. The molecule has 0 saturated carbocycles. The molecule has 0 spiro atoms. The van der Waals surface area contributed by atoms with Crippen LogP contribution in [0.25, 0.3) is 0 Å². The third-order valence-corrected chi connectivity index (χ3v) is 7.05. The van der Waals surface area contributed by atoms with Crippen LogP contribution in [0.15, 0.2) is 48.5 Å². The molecule has 222 valence electrons. The van der Waals surface area contributed by atoms with Crippen LogP contribution in [0, 0.1) is 5.92 Å². The van der Waals surface area contributed by atoms with Gasteiger partial charge in [-0.3, -0.25) is 19.2 Å². The molecular weight excluding hydrogens is 524 g/mol. The minimum absolute atomic E-state index is 0.0270. The van der Waals surface area contributed by atoms with Crippen molar-refractivity contribution >= 4 is 23.6 Å². The second-order valence-corrected chi connectivity index (χ2v) is 11.1. The van der Waals surface area contributed by atoms with Gasteiger partial charge in [-0.2, -0.15) is 0 Å². The van der Waals surface area contributed by atoms with Gasteiger partial charge in [-0.05, 0) is 68.9 Å². The number of methoxy groups -OCH3 is 1. The van der Waals surface area contributed by atoms with Crippen LogP contribution in [-0.2, 0) is 20.8 Å². The van der Waals surface area contributed by atoms with E-state index < -0.39 is 29.3 Å². The van der Waals surface area contributed by atoms with Crippen LogP contribution < -0.4 is 30.7 Å². The number of hydrogen-bond acceptors (Lipinski definition) is 6. The van der Waals surface area contributed by atoms with Crippen molar-refractivity contribution in [1.82, 2.24) is 21.3 Å². The fraction of sp³-hybridized carbons (Fsp3) is 0.484. The van der Waals surface area contributed by atoms with Crippen molar-refractivity contribution in [3.8, 4) is 11.5 Å². The molecule has 2 aromatic rings. The maximum Gasteiger partial charge on any atom is 0.255 e. The van der Waals surface area contributed by atoms with E-state index in [0.29, 0.717) is 18.7 Å². The lowest BCUT2D eigenvalue weighted by molar-refractivity contribution is -0.133. The minimum atomic E-state index is -1.19. The van der Waals surface area contributed by atoms with Gasteiger partial charge in [0, 0.05) is 13.0 Å². The van der Waals surface area contributed by atoms with E-state index in [1.54, 1.807) is 45.2 Å². The molecule has 0 unspecified atom stereocenters. The van der Waals surface area contributed by atoms with Crippen molar-refractivity contribution in [3.63, 3.8) is 0 Å². The number of benzene rings is 2. The fourth-order valence-corrected chi connectivity index (χ4v) is 4.41. The van der Waals surface area contributed by atoms with E-state index in [9.17, 15) is 19.2 Å². The van der Waals surface area contributed by atoms with E-state index in [1.807, 2.05) is 38.1 Å². The molecule has 1 heterocycles. The van der Waals surface area contributed by atoms with Gasteiger partial charge in [-0.15, -0.1) is 0 Å². The maximum absolute atomic E-state index is 13.3. The van der Waals surface area contributed by atoms with Gasteiger partial charge in [0.2, 0.25) is 17.7 Å². The lowest BCUT2D eigenvalue weighted by Gasteiger charge is -2.30. The van der Waals surface area contributed by atoms with Crippen LogP contribution in [-0.4, -0.2) is 61.5 Å². The van der Waals surface area contributed by atoms with Crippen LogP contribution in [0.4, 0.5) is 0 Å². The molecule has 0 fully saturated rings. The molecule has 2 aromatic carbocycles. The van der Waals surface area contributed by atoms with Crippen molar-refractivity contribution in [3.05, 3.63) is 59.7 Å². The zero-order valence-electron chi connectivity index (χ0n) is 24.5. The molecule has 4 amide bonds. The molecule has 0 aromatic heterocycles. The summed E-state index contributed by atoms with van der Waals surface area (Å²) in [6, 6.07) is 13.2. The Morgan fingerprint density at radius 3 is 2.59 bits per heavy atom. The molecule has 0 saturated heterocycles. The van der Waals surface area contributed by atoms with Crippen molar-refractivity contribution in [2.24, 2.45) is 5.92 Å². The molecule has 41 heavy (non-hydrogen) atoms. The summed E-state index contributed by atoms with van der Waals surface area (Å²) in [4.78, 5) is 52.4. The number of carbonyl (C=O) groups is 4. The lowest BCUT2D eigenvalue weighted by Crippen LogP contribution is -2.58. The van der Waals surface area contributed by atoms with Gasteiger partial charge in [-0.25, -0.2) is 0 Å². The summed E-state index contributed by atoms with van der Waals surface area (Å²) in [6.07, 6.45) is 1.40. The van der Waals surface area contributed by atoms with Crippen LogP contribution in [0.2, 0.25) is 0 Å². The van der Waals surface area contributed by atoms with Crippen LogP contribution in [0.1, 0.15) is 62.9 Å². The summed E-state index contributed by atoms with van der Waals surface area (Å²) >= 11 is 0. The number of aryl methyl sites for hydroxylation is 1. The second kappa shape index (κ2) is 14.5. The van der Waals surface area contributed by atoms with E-state index in [2.05, 4.69) is 21.3 Å². The first kappa shape index (κ1) is 31.4. The largest absolute Gasteiger partial charge is 0.497 e. The topological polar surface area (TPSA) is 135 Å². The number of rotatable bonds is 7. The normalized spacial score (nSPS) is 19.8. The first-order valence-corrected chi connectivity index (χ1v) is 14.1. The lowest BCUT2D eigenvalue weighted by atomic mass is 10.00. The Labute approximate surface area is 241 Å². The van der Waals surface area contributed by atoms with E-state index in [-0.39, 0.29) is 42.9 Å². The first-order valence-electron chi connectivity index (χ1n) is 14.1. The number of ether oxygens (including phenoxy) is 2. The average molecular weight is 567 g/mol. The van der Waals surface area contributed by atoms with Crippen LogP contribution >= 0.6 is 0 Å². The van der Waals surface area contributed by atoms with Crippen LogP contribution in [0.5, 0.6) is 11.5 Å². The minimum Gasteiger partial charge on any atom is -0.497 e. The molecule has 1 aliphatic rings. The Morgan fingerprint density at radius 2 is 1.85 bits per heavy atom. The third-order valence-electron chi connectivity index (χ3n) is 7.05.